The lowest BCUT2D eigenvalue weighted by molar-refractivity contribution is -0.384. The van der Waals surface area contributed by atoms with Crippen LogP contribution in [0.15, 0.2) is 42.5 Å². The number of piperazine rings is 1. The van der Waals surface area contributed by atoms with Crippen molar-refractivity contribution in [2.45, 2.75) is 20.4 Å². The Bertz CT molecular complexity index is 823. The molecule has 1 fully saturated rings. The van der Waals surface area contributed by atoms with E-state index in [1.54, 1.807) is 12.1 Å². The first-order chi connectivity index (χ1) is 13.4. The summed E-state index contributed by atoms with van der Waals surface area (Å²) >= 11 is 0. The van der Waals surface area contributed by atoms with Gasteiger partial charge in [-0.05, 0) is 30.5 Å². The van der Waals surface area contributed by atoms with Crippen LogP contribution in [0.3, 0.4) is 0 Å². The SMILES string of the molecule is Cc1cccc(C)c1NC(=O)CN1CCN(Cc2ccc([N+](=O)[O-])cc2)CC1. The number of aryl methyl sites for hydroxylation is 2. The van der Waals surface area contributed by atoms with E-state index in [0.29, 0.717) is 6.54 Å². The Labute approximate surface area is 165 Å². The molecule has 1 amide bonds. The van der Waals surface area contributed by atoms with Crippen LogP contribution in [0.4, 0.5) is 11.4 Å². The molecule has 28 heavy (non-hydrogen) atoms. The quantitative estimate of drug-likeness (QED) is 0.614. The van der Waals surface area contributed by atoms with Gasteiger partial charge < -0.3 is 5.32 Å². The summed E-state index contributed by atoms with van der Waals surface area (Å²) in [7, 11) is 0. The van der Waals surface area contributed by atoms with Crippen molar-refractivity contribution >= 4 is 17.3 Å². The van der Waals surface area contributed by atoms with Gasteiger partial charge in [-0.15, -0.1) is 0 Å². The molecule has 3 rings (SSSR count). The van der Waals surface area contributed by atoms with Gasteiger partial charge in [-0.1, -0.05) is 30.3 Å². The molecule has 148 valence electrons. The number of carbonyl (C=O) groups excluding carboxylic acids is 1. The van der Waals surface area contributed by atoms with Crippen molar-refractivity contribution in [2.75, 3.05) is 38.0 Å². The average Bonchev–Trinajstić information content (AvgIpc) is 2.67. The number of rotatable bonds is 6. The molecule has 2 aromatic rings. The van der Waals surface area contributed by atoms with Crippen LogP contribution in [0, 0.1) is 24.0 Å². The average molecular weight is 382 g/mol. The molecule has 0 bridgehead atoms. The van der Waals surface area contributed by atoms with Crippen molar-refractivity contribution in [1.82, 2.24) is 9.80 Å². The molecule has 0 aromatic heterocycles. The molecule has 1 saturated heterocycles. The van der Waals surface area contributed by atoms with Crippen molar-refractivity contribution in [3.63, 3.8) is 0 Å². The lowest BCUT2D eigenvalue weighted by atomic mass is 10.1. The molecule has 0 radical (unpaired) electrons. The molecule has 1 aliphatic rings. The van der Waals surface area contributed by atoms with Gasteiger partial charge in [-0.2, -0.15) is 0 Å². The number of nitro benzene ring substituents is 1. The Morgan fingerprint density at radius 3 is 2.14 bits per heavy atom. The summed E-state index contributed by atoms with van der Waals surface area (Å²) in [6, 6.07) is 12.7. The second kappa shape index (κ2) is 8.95. The molecule has 7 nitrogen and oxygen atoms in total. The number of hydrogen-bond donors (Lipinski definition) is 1. The van der Waals surface area contributed by atoms with Crippen molar-refractivity contribution in [3.05, 3.63) is 69.3 Å². The fourth-order valence-corrected chi connectivity index (χ4v) is 3.48. The Hall–Kier alpha value is -2.77. The van der Waals surface area contributed by atoms with Gasteiger partial charge in [0.05, 0.1) is 11.5 Å². The fourth-order valence-electron chi connectivity index (χ4n) is 3.48. The summed E-state index contributed by atoms with van der Waals surface area (Å²) < 4.78 is 0. The first-order valence-electron chi connectivity index (χ1n) is 9.46. The monoisotopic (exact) mass is 382 g/mol. The molecule has 2 aromatic carbocycles. The van der Waals surface area contributed by atoms with Gasteiger partial charge in [-0.25, -0.2) is 0 Å². The number of nitro groups is 1. The zero-order chi connectivity index (χ0) is 20.1. The molecule has 0 saturated carbocycles. The summed E-state index contributed by atoms with van der Waals surface area (Å²) in [5.41, 5.74) is 4.22. The van der Waals surface area contributed by atoms with Crippen LogP contribution in [0.5, 0.6) is 0 Å². The number of non-ortho nitro benzene ring substituents is 1. The van der Waals surface area contributed by atoms with E-state index in [1.807, 2.05) is 44.2 Å². The van der Waals surface area contributed by atoms with Crippen LogP contribution in [0.2, 0.25) is 0 Å². The largest absolute Gasteiger partial charge is 0.324 e. The van der Waals surface area contributed by atoms with E-state index in [1.165, 1.54) is 0 Å². The summed E-state index contributed by atoms with van der Waals surface area (Å²) in [5.74, 6) is 0.0150. The van der Waals surface area contributed by atoms with Crippen molar-refractivity contribution in [2.24, 2.45) is 0 Å². The number of nitrogens with one attached hydrogen (secondary N) is 1. The summed E-state index contributed by atoms with van der Waals surface area (Å²) in [4.78, 5) is 27.2. The Kier molecular flexibility index (Phi) is 6.38. The Balaban J connectivity index is 1.46. The molecule has 1 heterocycles. The highest BCUT2D eigenvalue weighted by Crippen LogP contribution is 2.19. The van der Waals surface area contributed by atoms with E-state index >= 15 is 0 Å². The predicted octanol–water partition coefficient (Wildman–Crippen LogP) is 2.97. The van der Waals surface area contributed by atoms with Crippen LogP contribution in [-0.2, 0) is 11.3 Å². The minimum absolute atomic E-state index is 0.0150. The normalized spacial score (nSPS) is 15.4. The summed E-state index contributed by atoms with van der Waals surface area (Å²) in [6.45, 7) is 8.54. The van der Waals surface area contributed by atoms with Gasteiger partial charge in [0.15, 0.2) is 0 Å². The number of amides is 1. The van der Waals surface area contributed by atoms with Gasteiger partial charge in [0.1, 0.15) is 0 Å². The molecule has 7 heteroatoms. The minimum Gasteiger partial charge on any atom is -0.324 e. The van der Waals surface area contributed by atoms with Gasteiger partial charge in [0, 0.05) is 50.5 Å². The zero-order valence-electron chi connectivity index (χ0n) is 16.4. The third kappa shape index (κ3) is 5.15. The van der Waals surface area contributed by atoms with Crippen LogP contribution in [-0.4, -0.2) is 53.4 Å². The second-order valence-electron chi connectivity index (χ2n) is 7.29. The van der Waals surface area contributed by atoms with Crippen LogP contribution >= 0.6 is 0 Å². The van der Waals surface area contributed by atoms with E-state index in [0.717, 1.165) is 55.1 Å². The lowest BCUT2D eigenvalue weighted by Gasteiger charge is -2.34. The standard InChI is InChI=1S/C21H26N4O3/c1-16-4-3-5-17(2)21(16)22-20(26)15-24-12-10-23(11-13-24)14-18-6-8-19(9-7-18)25(27)28/h3-9H,10-15H2,1-2H3,(H,22,26). The number of carbonyl (C=O) groups is 1. The maximum Gasteiger partial charge on any atom is 0.269 e. The van der Waals surface area contributed by atoms with Gasteiger partial charge in [-0.3, -0.25) is 24.7 Å². The van der Waals surface area contributed by atoms with Gasteiger partial charge in [0.2, 0.25) is 5.91 Å². The smallest absolute Gasteiger partial charge is 0.269 e. The first kappa shape index (κ1) is 20.0. The van der Waals surface area contributed by atoms with E-state index < -0.39 is 0 Å². The number of nitrogens with zero attached hydrogens (tertiary/aromatic N) is 3. The highest BCUT2D eigenvalue weighted by atomic mass is 16.6. The number of anilines is 1. The van der Waals surface area contributed by atoms with E-state index in [4.69, 9.17) is 0 Å². The lowest BCUT2D eigenvalue weighted by Crippen LogP contribution is -2.48. The third-order valence-corrected chi connectivity index (χ3v) is 5.13. The number of benzene rings is 2. The van der Waals surface area contributed by atoms with Crippen molar-refractivity contribution in [3.8, 4) is 0 Å². The highest BCUT2D eigenvalue weighted by molar-refractivity contribution is 5.93. The molecule has 0 atom stereocenters. The number of para-hydroxylation sites is 1. The zero-order valence-corrected chi connectivity index (χ0v) is 16.4. The minimum atomic E-state index is -0.383. The third-order valence-electron chi connectivity index (χ3n) is 5.13. The van der Waals surface area contributed by atoms with Crippen LogP contribution < -0.4 is 5.32 Å². The summed E-state index contributed by atoms with van der Waals surface area (Å²) in [5, 5.41) is 13.8. The van der Waals surface area contributed by atoms with Crippen LogP contribution in [0.1, 0.15) is 16.7 Å². The molecule has 1 aliphatic heterocycles. The molecule has 0 spiro atoms. The predicted molar refractivity (Wildman–Crippen MR) is 109 cm³/mol. The fraction of sp³-hybridized carbons (Fsp3) is 0.381. The molecular formula is C21H26N4O3. The highest BCUT2D eigenvalue weighted by Gasteiger charge is 2.20. The second-order valence-corrected chi connectivity index (χ2v) is 7.29. The van der Waals surface area contributed by atoms with Gasteiger partial charge >= 0.3 is 0 Å². The number of hydrogen-bond acceptors (Lipinski definition) is 5. The first-order valence-corrected chi connectivity index (χ1v) is 9.46. The van der Waals surface area contributed by atoms with Crippen LogP contribution in [0.25, 0.3) is 0 Å². The molecule has 1 N–H and O–H groups in total. The molecular weight excluding hydrogens is 356 g/mol. The summed E-state index contributed by atoms with van der Waals surface area (Å²) in [6.07, 6.45) is 0. The van der Waals surface area contributed by atoms with E-state index in [2.05, 4.69) is 15.1 Å². The van der Waals surface area contributed by atoms with Crippen molar-refractivity contribution in [1.29, 1.82) is 0 Å². The molecule has 0 aliphatic carbocycles. The maximum atomic E-state index is 12.4. The Morgan fingerprint density at radius 2 is 1.57 bits per heavy atom. The van der Waals surface area contributed by atoms with E-state index in [-0.39, 0.29) is 16.5 Å². The topological polar surface area (TPSA) is 78.7 Å². The molecule has 0 unspecified atom stereocenters. The van der Waals surface area contributed by atoms with E-state index in [9.17, 15) is 14.9 Å². The maximum absolute atomic E-state index is 12.4. The Morgan fingerprint density at radius 1 is 1.00 bits per heavy atom. The van der Waals surface area contributed by atoms with Crippen molar-refractivity contribution < 1.29 is 9.72 Å². The van der Waals surface area contributed by atoms with Gasteiger partial charge in [0.25, 0.3) is 5.69 Å².